The Morgan fingerprint density at radius 1 is 0.963 bits per heavy atom. The molecule has 0 aromatic heterocycles. The van der Waals surface area contributed by atoms with E-state index < -0.39 is 0 Å². The number of hydrogen-bond acceptors (Lipinski definition) is 2. The molecular weight excluding hydrogens is 353 g/mol. The van der Waals surface area contributed by atoms with E-state index >= 15 is 0 Å². The van der Waals surface area contributed by atoms with Gasteiger partial charge >= 0.3 is 0 Å². The smallest absolute Gasteiger partial charge is 0.133 e. The first-order valence-electron chi connectivity index (χ1n) is 9.19. The fourth-order valence-electron chi connectivity index (χ4n) is 3.27. The van der Waals surface area contributed by atoms with E-state index in [9.17, 15) is 4.39 Å². The second-order valence-electron chi connectivity index (χ2n) is 6.70. The lowest BCUT2D eigenvalue weighted by molar-refractivity contribution is 0.631. The zero-order valence-corrected chi connectivity index (χ0v) is 16.4. The monoisotopic (exact) mass is 375 g/mol. The molecule has 0 saturated heterocycles. The van der Waals surface area contributed by atoms with Gasteiger partial charge in [-0.25, -0.2) is 4.39 Å². The summed E-state index contributed by atoms with van der Waals surface area (Å²) >= 11 is 4.56. The van der Waals surface area contributed by atoms with Crippen LogP contribution < -0.4 is 0 Å². The van der Waals surface area contributed by atoms with Gasteiger partial charge in [-0.15, -0.1) is 0 Å². The largest absolute Gasteiger partial charge is 0.206 e. The van der Waals surface area contributed by atoms with Crippen molar-refractivity contribution in [3.8, 4) is 11.1 Å². The maximum absolute atomic E-state index is 14.4. The summed E-state index contributed by atoms with van der Waals surface area (Å²) in [6.07, 6.45) is 2.27. The number of aliphatic imine (C=N–C) groups is 1. The van der Waals surface area contributed by atoms with Gasteiger partial charge in [-0.1, -0.05) is 68.8 Å². The van der Waals surface area contributed by atoms with E-state index in [0.717, 1.165) is 18.4 Å². The number of nitrogens with zero attached hydrogens (tertiary/aromatic N) is 1. The minimum Gasteiger partial charge on any atom is -0.206 e. The zero-order valence-electron chi connectivity index (χ0n) is 15.6. The van der Waals surface area contributed by atoms with Crippen molar-refractivity contribution in [3.05, 3.63) is 89.2 Å². The summed E-state index contributed by atoms with van der Waals surface area (Å²) in [5, 5.41) is 2.26. The highest BCUT2D eigenvalue weighted by atomic mass is 32.1. The molecule has 1 atom stereocenters. The van der Waals surface area contributed by atoms with Crippen LogP contribution >= 0.6 is 12.2 Å². The van der Waals surface area contributed by atoms with Gasteiger partial charge in [0.15, 0.2) is 0 Å². The molecule has 1 unspecified atom stereocenters. The topological polar surface area (TPSA) is 12.4 Å². The van der Waals surface area contributed by atoms with E-state index in [1.54, 1.807) is 12.1 Å². The predicted molar refractivity (Wildman–Crippen MR) is 114 cm³/mol. The molecule has 3 aromatic rings. The lowest BCUT2D eigenvalue weighted by atomic mass is 9.91. The molecule has 0 aliphatic heterocycles. The van der Waals surface area contributed by atoms with Crippen LogP contribution in [0.2, 0.25) is 0 Å². The summed E-state index contributed by atoms with van der Waals surface area (Å²) in [5.74, 6) is -0.0207. The first kappa shape index (κ1) is 19.2. The van der Waals surface area contributed by atoms with Crippen LogP contribution in [-0.2, 0) is 6.42 Å². The van der Waals surface area contributed by atoms with Crippen molar-refractivity contribution >= 4 is 23.1 Å². The molecule has 3 rings (SSSR count). The molecule has 0 saturated carbocycles. The summed E-state index contributed by atoms with van der Waals surface area (Å²) in [6, 6.07) is 21.8. The van der Waals surface area contributed by atoms with E-state index in [1.807, 2.05) is 12.1 Å². The van der Waals surface area contributed by atoms with Crippen LogP contribution in [0.15, 0.2) is 71.7 Å². The molecule has 1 nitrogen and oxygen atoms in total. The van der Waals surface area contributed by atoms with Crippen molar-refractivity contribution in [1.82, 2.24) is 0 Å². The molecule has 27 heavy (non-hydrogen) atoms. The summed E-state index contributed by atoms with van der Waals surface area (Å²) in [4.78, 5) is 3.82. The summed E-state index contributed by atoms with van der Waals surface area (Å²) < 4.78 is 14.4. The average molecular weight is 376 g/mol. The molecule has 0 N–H and O–H groups in total. The van der Waals surface area contributed by atoms with Crippen molar-refractivity contribution in [3.63, 3.8) is 0 Å². The molecule has 0 aliphatic carbocycles. The Labute approximate surface area is 165 Å². The number of halogens is 1. The summed E-state index contributed by atoms with van der Waals surface area (Å²) in [6.45, 7) is 4.39. The van der Waals surface area contributed by atoms with E-state index in [-0.39, 0.29) is 5.82 Å². The van der Waals surface area contributed by atoms with E-state index in [4.69, 9.17) is 0 Å². The SMILES string of the molecule is CCCc1ccc(C(C)c2ccc(-c3ccc(N=C=S)cc3F)cc2)cc1. The maximum atomic E-state index is 14.4. The van der Waals surface area contributed by atoms with Crippen LogP contribution in [-0.4, -0.2) is 5.16 Å². The number of rotatable bonds is 6. The minimum absolute atomic E-state index is 0.291. The van der Waals surface area contributed by atoms with Crippen molar-refractivity contribution in [1.29, 1.82) is 0 Å². The summed E-state index contributed by atoms with van der Waals surface area (Å²) in [5.41, 5.74) is 5.75. The lowest BCUT2D eigenvalue weighted by Crippen LogP contribution is -1.97. The third kappa shape index (κ3) is 4.57. The maximum Gasteiger partial charge on any atom is 0.133 e. The molecular formula is C24H22FNS. The highest BCUT2D eigenvalue weighted by Crippen LogP contribution is 2.30. The van der Waals surface area contributed by atoms with Crippen LogP contribution in [0, 0.1) is 5.82 Å². The molecule has 0 radical (unpaired) electrons. The van der Waals surface area contributed by atoms with Gasteiger partial charge in [0.1, 0.15) is 5.82 Å². The molecule has 3 aromatic carbocycles. The van der Waals surface area contributed by atoms with Gasteiger partial charge in [0, 0.05) is 17.5 Å². The predicted octanol–water partition coefficient (Wildman–Crippen LogP) is 7.33. The number of hydrogen-bond donors (Lipinski definition) is 0. The number of aryl methyl sites for hydroxylation is 1. The molecule has 0 bridgehead atoms. The first-order chi connectivity index (χ1) is 13.1. The Balaban J connectivity index is 1.81. The molecule has 0 amide bonds. The second-order valence-corrected chi connectivity index (χ2v) is 6.89. The molecule has 0 fully saturated rings. The van der Waals surface area contributed by atoms with Gasteiger partial charge in [-0.2, -0.15) is 4.99 Å². The third-order valence-electron chi connectivity index (χ3n) is 4.87. The molecule has 0 aliphatic rings. The number of thiocarbonyl (C=S) groups is 1. The van der Waals surface area contributed by atoms with Gasteiger partial charge in [0.2, 0.25) is 0 Å². The van der Waals surface area contributed by atoms with Gasteiger partial charge < -0.3 is 0 Å². The Morgan fingerprint density at radius 3 is 2.15 bits per heavy atom. The standard InChI is InChI=1S/C24H22FNS/c1-3-4-18-5-7-19(8-6-18)17(2)20-9-11-21(12-10-20)23-14-13-22(26-16-27)15-24(23)25/h5-15,17H,3-4H2,1-2H3. The highest BCUT2D eigenvalue weighted by molar-refractivity contribution is 7.78. The van der Waals surface area contributed by atoms with Crippen molar-refractivity contribution in [2.45, 2.75) is 32.6 Å². The minimum atomic E-state index is -0.311. The fraction of sp³-hybridized carbons (Fsp3) is 0.208. The highest BCUT2D eigenvalue weighted by Gasteiger charge is 2.10. The number of benzene rings is 3. The Bertz CT molecular complexity index is 955. The van der Waals surface area contributed by atoms with Gasteiger partial charge in [0.25, 0.3) is 0 Å². The molecule has 0 heterocycles. The lowest BCUT2D eigenvalue weighted by Gasteiger charge is -2.14. The van der Waals surface area contributed by atoms with Gasteiger partial charge in [-0.3, -0.25) is 0 Å². The van der Waals surface area contributed by atoms with Crippen LogP contribution in [0.1, 0.15) is 42.9 Å². The first-order valence-corrected chi connectivity index (χ1v) is 9.59. The van der Waals surface area contributed by atoms with E-state index in [0.29, 0.717) is 17.2 Å². The van der Waals surface area contributed by atoms with Crippen LogP contribution in [0.4, 0.5) is 10.1 Å². The normalized spacial score (nSPS) is 11.7. The third-order valence-corrected chi connectivity index (χ3v) is 4.96. The van der Waals surface area contributed by atoms with E-state index in [2.05, 4.69) is 72.6 Å². The van der Waals surface area contributed by atoms with E-state index in [1.165, 1.54) is 22.8 Å². The van der Waals surface area contributed by atoms with Crippen molar-refractivity contribution < 1.29 is 4.39 Å². The summed E-state index contributed by atoms with van der Waals surface area (Å²) in [7, 11) is 0. The average Bonchev–Trinajstić information content (AvgIpc) is 2.69. The van der Waals surface area contributed by atoms with Crippen molar-refractivity contribution in [2.24, 2.45) is 4.99 Å². The van der Waals surface area contributed by atoms with Crippen molar-refractivity contribution in [2.75, 3.05) is 0 Å². The quantitative estimate of drug-likeness (QED) is 0.324. The molecule has 3 heteroatoms. The molecule has 0 spiro atoms. The Kier molecular flexibility index (Phi) is 6.28. The Morgan fingerprint density at radius 2 is 1.59 bits per heavy atom. The second kappa shape index (κ2) is 8.85. The van der Waals surface area contributed by atoms with Crippen LogP contribution in [0.5, 0.6) is 0 Å². The Hall–Kier alpha value is -2.61. The van der Waals surface area contributed by atoms with Gasteiger partial charge in [-0.05, 0) is 53.0 Å². The number of isothiocyanates is 1. The zero-order chi connectivity index (χ0) is 19.2. The van der Waals surface area contributed by atoms with Gasteiger partial charge in [0.05, 0.1) is 10.8 Å². The van der Waals surface area contributed by atoms with Crippen LogP contribution in [0.25, 0.3) is 11.1 Å². The fourth-order valence-corrected chi connectivity index (χ4v) is 3.37. The van der Waals surface area contributed by atoms with Crippen LogP contribution in [0.3, 0.4) is 0 Å². The molecule has 136 valence electrons.